The van der Waals surface area contributed by atoms with Gasteiger partial charge in [-0.15, -0.1) is 0 Å². The number of hydrogen-bond acceptors (Lipinski definition) is 2. The summed E-state index contributed by atoms with van der Waals surface area (Å²) in [5, 5.41) is 0.792. The molecule has 0 amide bonds. The second-order valence-corrected chi connectivity index (χ2v) is 5.81. The standard InChI is InChI=1S/C15H11BrCl2O2/c16-12-4-2-1-3-11(12)8-20-9-15(19)10-5-6-13(17)14(18)7-10/h1-7H,8-9H2. The summed E-state index contributed by atoms with van der Waals surface area (Å²) in [6.07, 6.45) is 0. The van der Waals surface area contributed by atoms with E-state index >= 15 is 0 Å². The van der Waals surface area contributed by atoms with Gasteiger partial charge in [0, 0.05) is 10.0 Å². The molecule has 0 fully saturated rings. The zero-order valence-corrected chi connectivity index (χ0v) is 13.5. The second-order valence-electron chi connectivity index (χ2n) is 4.14. The summed E-state index contributed by atoms with van der Waals surface area (Å²) in [4.78, 5) is 11.9. The van der Waals surface area contributed by atoms with Crippen molar-refractivity contribution in [3.05, 3.63) is 68.1 Å². The maximum atomic E-state index is 11.9. The number of ketones is 1. The minimum absolute atomic E-state index is 0.000699. The molecule has 0 aliphatic heterocycles. The third-order valence-corrected chi connectivity index (χ3v) is 4.20. The van der Waals surface area contributed by atoms with Crippen molar-refractivity contribution in [1.29, 1.82) is 0 Å². The van der Waals surface area contributed by atoms with Crippen LogP contribution < -0.4 is 0 Å². The summed E-state index contributed by atoms with van der Waals surface area (Å²) < 4.78 is 6.39. The number of halogens is 3. The van der Waals surface area contributed by atoms with Crippen LogP contribution in [0.3, 0.4) is 0 Å². The van der Waals surface area contributed by atoms with Crippen LogP contribution >= 0.6 is 39.1 Å². The lowest BCUT2D eigenvalue weighted by Gasteiger charge is -2.06. The van der Waals surface area contributed by atoms with E-state index in [4.69, 9.17) is 27.9 Å². The molecule has 0 N–H and O–H groups in total. The normalized spacial score (nSPS) is 10.6. The van der Waals surface area contributed by atoms with Crippen LogP contribution in [0, 0.1) is 0 Å². The van der Waals surface area contributed by atoms with Gasteiger partial charge in [-0.2, -0.15) is 0 Å². The first-order valence-electron chi connectivity index (χ1n) is 5.87. The van der Waals surface area contributed by atoms with E-state index < -0.39 is 0 Å². The minimum Gasteiger partial charge on any atom is -0.369 e. The molecule has 0 aromatic heterocycles. The van der Waals surface area contributed by atoms with Crippen LogP contribution in [-0.2, 0) is 11.3 Å². The molecule has 0 spiro atoms. The molecule has 20 heavy (non-hydrogen) atoms. The Morgan fingerprint density at radius 2 is 1.85 bits per heavy atom. The van der Waals surface area contributed by atoms with Crippen molar-refractivity contribution in [2.75, 3.05) is 6.61 Å². The van der Waals surface area contributed by atoms with Crippen LogP contribution in [0.1, 0.15) is 15.9 Å². The van der Waals surface area contributed by atoms with E-state index in [0.717, 1.165) is 10.0 Å². The van der Waals surface area contributed by atoms with Crippen molar-refractivity contribution < 1.29 is 9.53 Å². The van der Waals surface area contributed by atoms with Crippen LogP contribution in [0.2, 0.25) is 10.0 Å². The van der Waals surface area contributed by atoms with Gasteiger partial charge in [-0.1, -0.05) is 57.3 Å². The first-order valence-corrected chi connectivity index (χ1v) is 7.42. The van der Waals surface area contributed by atoms with E-state index in [1.807, 2.05) is 24.3 Å². The Bertz CT molecular complexity index is 629. The predicted molar refractivity (Wildman–Crippen MR) is 84.6 cm³/mol. The fraction of sp³-hybridized carbons (Fsp3) is 0.133. The molecule has 0 aliphatic carbocycles. The number of ether oxygens (including phenoxy) is 1. The van der Waals surface area contributed by atoms with Crippen LogP contribution in [-0.4, -0.2) is 12.4 Å². The average molecular weight is 374 g/mol. The number of rotatable bonds is 5. The van der Waals surface area contributed by atoms with Crippen molar-refractivity contribution in [2.24, 2.45) is 0 Å². The molecule has 0 atom stereocenters. The molecule has 104 valence electrons. The summed E-state index contributed by atoms with van der Waals surface area (Å²) in [7, 11) is 0. The zero-order valence-electron chi connectivity index (χ0n) is 10.4. The molecular weight excluding hydrogens is 363 g/mol. The smallest absolute Gasteiger partial charge is 0.188 e. The first-order chi connectivity index (χ1) is 9.58. The zero-order chi connectivity index (χ0) is 14.5. The Morgan fingerprint density at radius 3 is 2.55 bits per heavy atom. The summed E-state index contributed by atoms with van der Waals surface area (Å²) >= 11 is 15.1. The van der Waals surface area contributed by atoms with E-state index in [1.54, 1.807) is 18.2 Å². The first kappa shape index (κ1) is 15.5. The highest BCUT2D eigenvalue weighted by molar-refractivity contribution is 9.10. The highest BCUT2D eigenvalue weighted by Crippen LogP contribution is 2.23. The van der Waals surface area contributed by atoms with Gasteiger partial charge in [0.25, 0.3) is 0 Å². The summed E-state index contributed by atoms with van der Waals surface area (Å²) in [6.45, 7) is 0.369. The average Bonchev–Trinajstić information content (AvgIpc) is 2.44. The highest BCUT2D eigenvalue weighted by atomic mass is 79.9. The molecule has 2 aromatic rings. The van der Waals surface area contributed by atoms with Gasteiger partial charge in [0.05, 0.1) is 16.7 Å². The summed E-state index contributed by atoms with van der Waals surface area (Å²) in [6, 6.07) is 12.5. The lowest BCUT2D eigenvalue weighted by Crippen LogP contribution is -2.09. The number of carbonyl (C=O) groups excluding carboxylic acids is 1. The molecule has 0 radical (unpaired) electrons. The lowest BCUT2D eigenvalue weighted by atomic mass is 10.1. The van der Waals surface area contributed by atoms with E-state index in [2.05, 4.69) is 15.9 Å². The number of carbonyl (C=O) groups is 1. The fourth-order valence-corrected chi connectivity index (χ4v) is 2.32. The third-order valence-electron chi connectivity index (χ3n) is 2.69. The van der Waals surface area contributed by atoms with Crippen molar-refractivity contribution in [3.8, 4) is 0 Å². The molecule has 2 aromatic carbocycles. The van der Waals surface area contributed by atoms with Crippen LogP contribution in [0.5, 0.6) is 0 Å². The molecule has 0 aliphatic rings. The van der Waals surface area contributed by atoms with Crippen LogP contribution in [0.25, 0.3) is 0 Å². The van der Waals surface area contributed by atoms with Crippen molar-refractivity contribution in [1.82, 2.24) is 0 Å². The quantitative estimate of drug-likeness (QED) is 0.677. The highest BCUT2D eigenvalue weighted by Gasteiger charge is 2.09. The fourth-order valence-electron chi connectivity index (χ4n) is 1.62. The van der Waals surface area contributed by atoms with Gasteiger partial charge in [0.15, 0.2) is 5.78 Å². The molecule has 2 rings (SSSR count). The van der Waals surface area contributed by atoms with Crippen molar-refractivity contribution in [3.63, 3.8) is 0 Å². The Hall–Kier alpha value is -0.870. The number of hydrogen-bond donors (Lipinski definition) is 0. The second kappa shape index (κ2) is 7.23. The lowest BCUT2D eigenvalue weighted by molar-refractivity contribution is 0.0725. The monoisotopic (exact) mass is 372 g/mol. The molecular formula is C15H11BrCl2O2. The van der Waals surface area contributed by atoms with Crippen LogP contribution in [0.4, 0.5) is 0 Å². The third kappa shape index (κ3) is 4.06. The SMILES string of the molecule is O=C(COCc1ccccc1Br)c1ccc(Cl)c(Cl)c1. The van der Waals surface area contributed by atoms with Crippen LogP contribution in [0.15, 0.2) is 46.9 Å². The minimum atomic E-state index is -0.129. The Balaban J connectivity index is 1.92. The van der Waals surface area contributed by atoms with Crippen molar-refractivity contribution in [2.45, 2.75) is 6.61 Å². The molecule has 0 unspecified atom stereocenters. The summed E-state index contributed by atoms with van der Waals surface area (Å²) in [5.41, 5.74) is 1.49. The van der Waals surface area contributed by atoms with Gasteiger partial charge < -0.3 is 4.74 Å². The van der Waals surface area contributed by atoms with Crippen molar-refractivity contribution >= 4 is 44.9 Å². The Labute approximate surface area is 135 Å². The van der Waals surface area contributed by atoms with E-state index in [1.165, 1.54) is 0 Å². The Kier molecular flexibility index (Phi) is 5.61. The molecule has 0 bridgehead atoms. The number of Topliss-reactive ketones (excluding diaryl/α,β-unsaturated/α-hetero) is 1. The summed E-state index contributed by atoms with van der Waals surface area (Å²) in [5.74, 6) is -0.129. The molecule has 0 heterocycles. The van der Waals surface area contributed by atoms with Gasteiger partial charge in [0.2, 0.25) is 0 Å². The maximum Gasteiger partial charge on any atom is 0.188 e. The maximum absolute atomic E-state index is 11.9. The molecule has 0 saturated heterocycles. The van der Waals surface area contributed by atoms with E-state index in [-0.39, 0.29) is 12.4 Å². The number of benzene rings is 2. The Morgan fingerprint density at radius 1 is 1.10 bits per heavy atom. The van der Waals surface area contributed by atoms with E-state index in [0.29, 0.717) is 22.2 Å². The molecule has 2 nitrogen and oxygen atoms in total. The predicted octanol–water partition coefficient (Wildman–Crippen LogP) is 5.16. The van der Waals surface area contributed by atoms with Gasteiger partial charge >= 0.3 is 0 Å². The van der Waals surface area contributed by atoms with E-state index in [9.17, 15) is 4.79 Å². The largest absolute Gasteiger partial charge is 0.369 e. The molecule has 5 heteroatoms. The van der Waals surface area contributed by atoms with Gasteiger partial charge in [-0.3, -0.25) is 4.79 Å². The van der Waals surface area contributed by atoms with Gasteiger partial charge in [0.1, 0.15) is 6.61 Å². The molecule has 0 saturated carbocycles. The van der Waals surface area contributed by atoms with Gasteiger partial charge in [-0.05, 0) is 29.8 Å². The topological polar surface area (TPSA) is 26.3 Å². The van der Waals surface area contributed by atoms with Gasteiger partial charge in [-0.25, -0.2) is 0 Å².